The molecule has 0 radical (unpaired) electrons. The van der Waals surface area contributed by atoms with E-state index >= 15 is 0 Å². The van der Waals surface area contributed by atoms with E-state index < -0.39 is 0 Å². The lowest BCUT2D eigenvalue weighted by Gasteiger charge is -2.27. The average molecular weight is 265 g/mol. The van der Waals surface area contributed by atoms with Gasteiger partial charge in [-0.25, -0.2) is 0 Å². The highest BCUT2D eigenvalue weighted by Gasteiger charge is 2.52. The van der Waals surface area contributed by atoms with Crippen molar-refractivity contribution in [1.82, 2.24) is 0 Å². The second-order valence-electron chi connectivity index (χ2n) is 5.77. The molecule has 0 aromatic heterocycles. The van der Waals surface area contributed by atoms with Crippen molar-refractivity contribution in [2.24, 2.45) is 5.41 Å². The summed E-state index contributed by atoms with van der Waals surface area (Å²) in [5, 5.41) is 0. The highest BCUT2D eigenvalue weighted by atomic mass is 79.9. The van der Waals surface area contributed by atoms with Crippen LogP contribution < -0.4 is 0 Å². The second kappa shape index (κ2) is 3.10. The van der Waals surface area contributed by atoms with Crippen LogP contribution in [-0.4, -0.2) is 0 Å². The summed E-state index contributed by atoms with van der Waals surface area (Å²) in [7, 11) is 0. The lowest BCUT2D eigenvalue weighted by Crippen LogP contribution is -2.19. The fourth-order valence-electron chi connectivity index (χ4n) is 3.70. The summed E-state index contributed by atoms with van der Waals surface area (Å²) in [5.74, 6) is 0. The molecular formula is C14H17Br. The maximum absolute atomic E-state index is 3.51. The first-order chi connectivity index (χ1) is 7.12. The Bertz CT molecular complexity index is 369. The van der Waals surface area contributed by atoms with Crippen LogP contribution in [0.15, 0.2) is 28.7 Å². The van der Waals surface area contributed by atoms with Gasteiger partial charge in [0.2, 0.25) is 0 Å². The van der Waals surface area contributed by atoms with Gasteiger partial charge in [0, 0.05) is 4.47 Å². The van der Waals surface area contributed by atoms with Crippen LogP contribution >= 0.6 is 15.9 Å². The molecule has 0 saturated heterocycles. The number of benzene rings is 1. The van der Waals surface area contributed by atoms with Gasteiger partial charge >= 0.3 is 0 Å². The molecule has 2 saturated carbocycles. The zero-order valence-electron chi connectivity index (χ0n) is 9.22. The summed E-state index contributed by atoms with van der Waals surface area (Å²) in [5.41, 5.74) is 2.77. The van der Waals surface area contributed by atoms with E-state index in [0.29, 0.717) is 10.8 Å². The minimum Gasteiger partial charge on any atom is -0.0596 e. The number of halogens is 1. The first kappa shape index (κ1) is 9.89. The Morgan fingerprint density at radius 1 is 1.00 bits per heavy atom. The van der Waals surface area contributed by atoms with Gasteiger partial charge in [-0.2, -0.15) is 0 Å². The van der Waals surface area contributed by atoms with Crippen LogP contribution in [0.3, 0.4) is 0 Å². The highest BCUT2D eigenvalue weighted by Crippen LogP contribution is 2.61. The maximum atomic E-state index is 3.51. The molecule has 1 heteroatoms. The quantitative estimate of drug-likeness (QED) is 0.692. The van der Waals surface area contributed by atoms with Gasteiger partial charge in [0.05, 0.1) is 0 Å². The summed E-state index contributed by atoms with van der Waals surface area (Å²) in [6, 6.07) is 9.03. The van der Waals surface area contributed by atoms with Gasteiger partial charge in [-0.3, -0.25) is 0 Å². The molecular weight excluding hydrogens is 248 g/mol. The van der Waals surface area contributed by atoms with Gasteiger partial charge in [0.25, 0.3) is 0 Å². The Balaban J connectivity index is 1.98. The largest absolute Gasteiger partial charge is 0.0596 e. The van der Waals surface area contributed by atoms with Crippen LogP contribution in [0.5, 0.6) is 0 Å². The molecule has 0 heterocycles. The molecule has 0 atom stereocenters. The molecule has 0 N–H and O–H groups in total. The highest BCUT2D eigenvalue weighted by molar-refractivity contribution is 9.10. The molecule has 2 aliphatic rings. The molecule has 1 aromatic carbocycles. The van der Waals surface area contributed by atoms with Crippen LogP contribution in [0.4, 0.5) is 0 Å². The molecule has 1 aromatic rings. The lowest BCUT2D eigenvalue weighted by molar-refractivity contribution is 0.328. The molecule has 3 rings (SSSR count). The second-order valence-corrected chi connectivity index (χ2v) is 6.69. The minimum absolute atomic E-state index is 0.537. The van der Waals surface area contributed by atoms with E-state index in [1.165, 1.54) is 36.6 Å². The zero-order valence-corrected chi connectivity index (χ0v) is 10.8. The molecule has 15 heavy (non-hydrogen) atoms. The third kappa shape index (κ3) is 1.47. The third-order valence-corrected chi connectivity index (χ3v) is 5.16. The van der Waals surface area contributed by atoms with E-state index in [4.69, 9.17) is 0 Å². The molecule has 0 aliphatic heterocycles. The van der Waals surface area contributed by atoms with E-state index in [1.807, 2.05) is 0 Å². The topological polar surface area (TPSA) is 0 Å². The fourth-order valence-corrected chi connectivity index (χ4v) is 3.96. The normalized spacial score (nSPS) is 38.5. The maximum Gasteiger partial charge on any atom is 0.0175 e. The van der Waals surface area contributed by atoms with E-state index in [1.54, 1.807) is 5.56 Å². The predicted molar refractivity (Wildman–Crippen MR) is 67.0 cm³/mol. The molecule has 0 nitrogen and oxygen atoms in total. The van der Waals surface area contributed by atoms with Gasteiger partial charge in [-0.1, -0.05) is 35.0 Å². The number of rotatable bonds is 1. The minimum atomic E-state index is 0.537. The van der Waals surface area contributed by atoms with Crippen molar-refractivity contribution in [3.63, 3.8) is 0 Å². The first-order valence-electron chi connectivity index (χ1n) is 5.88. The van der Waals surface area contributed by atoms with Crippen LogP contribution in [0.1, 0.15) is 44.6 Å². The third-order valence-electron chi connectivity index (χ3n) is 4.64. The van der Waals surface area contributed by atoms with Crippen molar-refractivity contribution in [2.45, 2.75) is 44.4 Å². The Kier molecular flexibility index (Phi) is 2.04. The fraction of sp³-hybridized carbons (Fsp3) is 0.571. The van der Waals surface area contributed by atoms with Crippen molar-refractivity contribution < 1.29 is 0 Å². The summed E-state index contributed by atoms with van der Waals surface area (Å²) in [6.45, 7) is 2.47. The summed E-state index contributed by atoms with van der Waals surface area (Å²) in [6.07, 6.45) is 7.10. The van der Waals surface area contributed by atoms with Gasteiger partial charge in [0.1, 0.15) is 0 Å². The van der Waals surface area contributed by atoms with Crippen LogP contribution in [-0.2, 0) is 5.41 Å². The van der Waals surface area contributed by atoms with Crippen molar-refractivity contribution in [1.29, 1.82) is 0 Å². The van der Waals surface area contributed by atoms with Gasteiger partial charge < -0.3 is 0 Å². The van der Waals surface area contributed by atoms with Crippen LogP contribution in [0.25, 0.3) is 0 Å². The molecule has 2 bridgehead atoms. The molecule has 80 valence electrons. The lowest BCUT2D eigenvalue weighted by atomic mass is 9.77. The predicted octanol–water partition coefficient (Wildman–Crippen LogP) is 4.67. The van der Waals surface area contributed by atoms with Crippen molar-refractivity contribution in [2.75, 3.05) is 0 Å². The average Bonchev–Trinajstić information content (AvgIpc) is 2.73. The number of hydrogen-bond donors (Lipinski definition) is 0. The SMILES string of the molecule is CC12CCC(c3ccc(Br)cc3)(CC1)C2. The monoisotopic (exact) mass is 264 g/mol. The molecule has 0 unspecified atom stereocenters. The first-order valence-corrected chi connectivity index (χ1v) is 6.67. The van der Waals surface area contributed by atoms with E-state index in [9.17, 15) is 0 Å². The van der Waals surface area contributed by atoms with E-state index in [2.05, 4.69) is 47.1 Å². The summed E-state index contributed by atoms with van der Waals surface area (Å²) >= 11 is 3.51. The molecule has 0 spiro atoms. The zero-order chi connectivity index (χ0) is 10.5. The summed E-state index contributed by atoms with van der Waals surface area (Å²) in [4.78, 5) is 0. The standard InChI is InChI=1S/C14H17Br/c1-13-6-8-14(10-13,9-7-13)11-2-4-12(15)5-3-11/h2-5H,6-10H2,1H3. The van der Waals surface area contributed by atoms with Crippen molar-refractivity contribution >= 4 is 15.9 Å². The number of fused-ring (bicyclic) bond motifs is 2. The van der Waals surface area contributed by atoms with Crippen molar-refractivity contribution in [3.05, 3.63) is 34.3 Å². The Morgan fingerprint density at radius 2 is 1.60 bits per heavy atom. The molecule has 2 fully saturated rings. The van der Waals surface area contributed by atoms with Crippen LogP contribution in [0, 0.1) is 5.41 Å². The molecule has 2 aliphatic carbocycles. The Morgan fingerprint density at radius 3 is 2.07 bits per heavy atom. The smallest absolute Gasteiger partial charge is 0.0175 e. The van der Waals surface area contributed by atoms with Crippen LogP contribution in [0.2, 0.25) is 0 Å². The van der Waals surface area contributed by atoms with Gasteiger partial charge in [-0.15, -0.1) is 0 Å². The summed E-state index contributed by atoms with van der Waals surface area (Å²) < 4.78 is 1.20. The van der Waals surface area contributed by atoms with E-state index in [0.717, 1.165) is 0 Å². The number of hydrogen-bond acceptors (Lipinski definition) is 0. The Hall–Kier alpha value is -0.300. The van der Waals surface area contributed by atoms with Gasteiger partial charge in [0.15, 0.2) is 0 Å². The van der Waals surface area contributed by atoms with E-state index in [-0.39, 0.29) is 0 Å². The Labute approximate surface area is 100 Å². The van der Waals surface area contributed by atoms with Crippen molar-refractivity contribution in [3.8, 4) is 0 Å². The van der Waals surface area contributed by atoms with Gasteiger partial charge in [-0.05, 0) is 60.6 Å². The molecule has 0 amide bonds.